The lowest BCUT2D eigenvalue weighted by Crippen LogP contribution is -2.62. The van der Waals surface area contributed by atoms with Crippen molar-refractivity contribution < 1.29 is 57.8 Å². The van der Waals surface area contributed by atoms with Crippen LogP contribution in [0.15, 0.2) is 12.2 Å². The lowest BCUT2D eigenvalue weighted by molar-refractivity contribution is -0.231. The summed E-state index contributed by atoms with van der Waals surface area (Å²) in [5.41, 5.74) is 0. The molecule has 0 N–H and O–H groups in total. The molecule has 3 heterocycles. The van der Waals surface area contributed by atoms with E-state index in [0.717, 1.165) is 0 Å². The van der Waals surface area contributed by atoms with E-state index in [0.29, 0.717) is 0 Å². The first-order valence-electron chi connectivity index (χ1n) is 8.55. The third kappa shape index (κ3) is 2.88. The van der Waals surface area contributed by atoms with Crippen LogP contribution < -0.4 is 0 Å². The van der Waals surface area contributed by atoms with E-state index in [1.165, 1.54) is 12.2 Å². The molecule has 3 fully saturated rings. The molecule has 0 aromatic heterocycles. The summed E-state index contributed by atoms with van der Waals surface area (Å²) in [6, 6.07) is 0. The van der Waals surface area contributed by atoms with E-state index in [2.05, 4.69) is 4.28 Å². The number of carbonyl (C=O) groups excluding carboxylic acids is 2. The smallest absolute Gasteiger partial charge is 0.365 e. The van der Waals surface area contributed by atoms with Gasteiger partial charge in [-0.1, -0.05) is 12.2 Å². The molecular weight excluding hydrogens is 455 g/mol. The fourth-order valence-electron chi connectivity index (χ4n) is 4.29. The highest BCUT2D eigenvalue weighted by atomic mass is 32.2. The van der Waals surface area contributed by atoms with Crippen molar-refractivity contribution in [1.82, 2.24) is 5.06 Å². The van der Waals surface area contributed by atoms with E-state index in [4.69, 9.17) is 4.74 Å². The molecule has 1 saturated carbocycles. The normalized spacial score (nSPS) is 46.0. The largest absolute Gasteiger partial charge is 0.397 e. The van der Waals surface area contributed by atoms with Gasteiger partial charge in [-0.2, -0.15) is 21.6 Å². The van der Waals surface area contributed by atoms with Crippen LogP contribution >= 0.6 is 0 Å². The summed E-state index contributed by atoms with van der Waals surface area (Å²) in [7, 11) is -5.79. The number of rotatable bonds is 3. The minimum Gasteiger partial charge on any atom is -0.365 e. The maximum atomic E-state index is 14.2. The van der Waals surface area contributed by atoms with Gasteiger partial charge in [0.1, 0.15) is 18.3 Å². The number of ether oxygens (including phenoxy) is 1. The van der Waals surface area contributed by atoms with E-state index >= 15 is 0 Å². The Morgan fingerprint density at radius 1 is 0.867 bits per heavy atom. The molecule has 8 atom stereocenters. The van der Waals surface area contributed by atoms with Gasteiger partial charge in [-0.05, 0) is 0 Å². The molecule has 2 saturated heterocycles. The molecule has 1 aliphatic carbocycles. The first kappa shape index (κ1) is 21.5. The monoisotopic (exact) mass is 467 g/mol. The summed E-state index contributed by atoms with van der Waals surface area (Å²) in [5, 5.41) is -3.66. The number of hydrogen-bond donors (Lipinski definition) is 0. The highest BCUT2D eigenvalue weighted by molar-refractivity contribution is 7.87. The highest BCUT2D eigenvalue weighted by Crippen LogP contribution is 2.47. The Morgan fingerprint density at radius 2 is 1.30 bits per heavy atom. The molecule has 2 amide bonds. The summed E-state index contributed by atoms with van der Waals surface area (Å²) < 4.78 is 129. The van der Waals surface area contributed by atoms with Crippen LogP contribution in [-0.2, 0) is 28.7 Å². The van der Waals surface area contributed by atoms with Gasteiger partial charge < -0.3 is 4.74 Å². The molecule has 0 radical (unpaired) electrons. The van der Waals surface area contributed by atoms with Gasteiger partial charge >= 0.3 is 6.18 Å². The average molecular weight is 467 g/mol. The average Bonchev–Trinajstić information content (AvgIpc) is 3.29. The molecule has 4 rings (SSSR count). The van der Waals surface area contributed by atoms with Crippen molar-refractivity contribution in [3.8, 4) is 0 Å². The van der Waals surface area contributed by atoms with Crippen LogP contribution in [0.5, 0.6) is 0 Å². The van der Waals surface area contributed by atoms with Gasteiger partial charge in [0.05, 0.1) is 24.0 Å². The molecule has 2 bridgehead atoms. The Balaban J connectivity index is 1.58. The zero-order valence-electron chi connectivity index (χ0n) is 14.4. The van der Waals surface area contributed by atoms with Gasteiger partial charge in [0, 0.05) is 0 Å². The third-order valence-electron chi connectivity index (χ3n) is 5.68. The van der Waals surface area contributed by atoms with Gasteiger partial charge in [-0.3, -0.25) is 9.59 Å². The number of alkyl halides is 7. The SMILES string of the molecule is O=C1C2C3C=CC(O3)C2C(=O)N1OS(=O)(=O)C1C(F)C(F)C(C(F)(F)F)C(F)C1F. The fourth-order valence-corrected chi connectivity index (χ4v) is 5.68. The summed E-state index contributed by atoms with van der Waals surface area (Å²) in [6.07, 6.45) is -19.4. The van der Waals surface area contributed by atoms with Crippen LogP contribution in [0, 0.1) is 17.8 Å². The second-order valence-electron chi connectivity index (χ2n) is 7.35. The molecule has 3 aliphatic heterocycles. The third-order valence-corrected chi connectivity index (χ3v) is 7.23. The Bertz CT molecular complexity index is 864. The minimum atomic E-state index is -5.79. The van der Waals surface area contributed by atoms with Crippen LogP contribution in [0.3, 0.4) is 0 Å². The summed E-state index contributed by atoms with van der Waals surface area (Å²) >= 11 is 0. The fraction of sp³-hybridized carbons (Fsp3) is 0.733. The number of carbonyl (C=O) groups is 2. The van der Waals surface area contributed by atoms with Gasteiger partial charge in [0.15, 0.2) is 17.6 Å². The summed E-state index contributed by atoms with van der Waals surface area (Å²) in [5.74, 6) is -8.53. The zero-order valence-corrected chi connectivity index (χ0v) is 15.2. The number of nitrogens with zero attached hydrogens (tertiary/aromatic N) is 1. The van der Waals surface area contributed by atoms with Gasteiger partial charge in [-0.25, -0.2) is 17.6 Å². The van der Waals surface area contributed by atoms with E-state index < -0.39 is 88.0 Å². The van der Waals surface area contributed by atoms with E-state index in [1.54, 1.807) is 0 Å². The number of imide groups is 1. The van der Waals surface area contributed by atoms with Crippen LogP contribution in [0.2, 0.25) is 0 Å². The molecule has 0 aromatic carbocycles. The van der Waals surface area contributed by atoms with Crippen LogP contribution in [0.4, 0.5) is 30.7 Å². The second-order valence-corrected chi connectivity index (χ2v) is 9.03. The topological polar surface area (TPSA) is 90.0 Å². The number of amides is 2. The van der Waals surface area contributed by atoms with Gasteiger partial charge in [-0.15, -0.1) is 9.35 Å². The zero-order chi connectivity index (χ0) is 22.3. The Kier molecular flexibility index (Phi) is 4.75. The highest BCUT2D eigenvalue weighted by Gasteiger charge is 2.67. The van der Waals surface area contributed by atoms with Crippen molar-refractivity contribution in [3.63, 3.8) is 0 Å². The Labute approximate surface area is 163 Å². The molecule has 15 heteroatoms. The first-order valence-corrected chi connectivity index (χ1v) is 10.0. The predicted octanol–water partition coefficient (Wildman–Crippen LogP) is 1.10. The van der Waals surface area contributed by atoms with Crippen LogP contribution in [0.1, 0.15) is 0 Å². The summed E-state index contributed by atoms with van der Waals surface area (Å²) in [4.78, 5) is 24.7. The lowest BCUT2D eigenvalue weighted by Gasteiger charge is -2.39. The molecule has 0 aromatic rings. The first-order chi connectivity index (χ1) is 13.8. The number of hydroxylamine groups is 2. The molecule has 0 spiro atoms. The van der Waals surface area contributed by atoms with Crippen LogP contribution in [0.25, 0.3) is 0 Å². The van der Waals surface area contributed by atoms with E-state index in [-0.39, 0.29) is 5.06 Å². The van der Waals surface area contributed by atoms with Gasteiger partial charge in [0.25, 0.3) is 21.9 Å². The van der Waals surface area contributed by atoms with Crippen molar-refractivity contribution in [3.05, 3.63) is 12.2 Å². The van der Waals surface area contributed by atoms with E-state index in [1.807, 2.05) is 0 Å². The van der Waals surface area contributed by atoms with Crippen molar-refractivity contribution in [1.29, 1.82) is 0 Å². The van der Waals surface area contributed by atoms with Crippen molar-refractivity contribution in [2.75, 3.05) is 0 Å². The quantitative estimate of drug-likeness (QED) is 0.351. The van der Waals surface area contributed by atoms with Crippen molar-refractivity contribution in [2.24, 2.45) is 17.8 Å². The van der Waals surface area contributed by atoms with Crippen molar-refractivity contribution >= 4 is 21.9 Å². The standard InChI is InChI=1S/C15H12F7NO6S/c16-8-7(15(20,21)22)9(17)11(19)12(10(8)18)30(26,27)29-23-13(24)5-3-1-2-4(28-3)6(5)14(23)25/h1-12H. The molecule has 8 unspecified atom stereocenters. The summed E-state index contributed by atoms with van der Waals surface area (Å²) in [6.45, 7) is 0. The maximum absolute atomic E-state index is 14.2. The number of fused-ring (bicyclic) bond motifs is 5. The van der Waals surface area contributed by atoms with Crippen molar-refractivity contribution in [2.45, 2.75) is 48.3 Å². The molecule has 168 valence electrons. The molecule has 30 heavy (non-hydrogen) atoms. The molecule has 4 aliphatic rings. The van der Waals surface area contributed by atoms with Crippen LogP contribution in [-0.4, -0.2) is 73.6 Å². The lowest BCUT2D eigenvalue weighted by atomic mass is 9.82. The molecule has 7 nitrogen and oxygen atoms in total. The predicted molar refractivity (Wildman–Crippen MR) is 79.6 cm³/mol. The number of hydrogen-bond acceptors (Lipinski definition) is 6. The van der Waals surface area contributed by atoms with Gasteiger partial charge in [0.2, 0.25) is 0 Å². The number of halogens is 7. The Hall–Kier alpha value is -1.74. The molecular formula is C15H12F7NO6S. The maximum Gasteiger partial charge on any atom is 0.397 e. The Morgan fingerprint density at radius 3 is 1.70 bits per heavy atom. The second kappa shape index (κ2) is 6.63. The van der Waals surface area contributed by atoms with E-state index in [9.17, 15) is 48.7 Å². The minimum absolute atomic E-state index is 0.296.